The van der Waals surface area contributed by atoms with Crippen LogP contribution in [0, 0.1) is 0 Å². The monoisotopic (exact) mass is 479 g/mol. The normalized spacial score (nSPS) is 10.7. The van der Waals surface area contributed by atoms with E-state index < -0.39 is 0 Å². The van der Waals surface area contributed by atoms with Crippen LogP contribution in [0.3, 0.4) is 0 Å². The van der Waals surface area contributed by atoms with Crippen LogP contribution in [0.4, 0.5) is 5.82 Å². The van der Waals surface area contributed by atoms with Gasteiger partial charge in [0.25, 0.3) is 11.8 Å². The molecule has 3 heterocycles. The Morgan fingerprint density at radius 2 is 1.72 bits per heavy atom. The maximum Gasteiger partial charge on any atom is 0.274 e. The Balaban J connectivity index is 1.23. The van der Waals surface area contributed by atoms with Gasteiger partial charge in [0.1, 0.15) is 23.5 Å². The summed E-state index contributed by atoms with van der Waals surface area (Å²) in [5.74, 6) is -0.00354. The van der Waals surface area contributed by atoms with Crippen molar-refractivity contribution in [3.63, 3.8) is 0 Å². The number of para-hydroxylation sites is 1. The molecule has 0 saturated carbocycles. The molecule has 0 aliphatic heterocycles. The number of H-pyrrole nitrogens is 1. The van der Waals surface area contributed by atoms with Crippen LogP contribution in [0.2, 0.25) is 0 Å². The van der Waals surface area contributed by atoms with E-state index in [9.17, 15) is 9.59 Å². The number of pyridine rings is 2. The maximum atomic E-state index is 12.8. The number of nitrogens with zero attached hydrogens (tertiary/aromatic N) is 4. The number of anilines is 1. The van der Waals surface area contributed by atoms with Gasteiger partial charge in [0.15, 0.2) is 11.4 Å². The van der Waals surface area contributed by atoms with Crippen molar-refractivity contribution in [3.05, 3.63) is 108 Å². The summed E-state index contributed by atoms with van der Waals surface area (Å²) in [5, 5.41) is 16.2. The molecule has 5 rings (SSSR count). The molecule has 178 valence electrons. The molecule has 0 spiro atoms. The van der Waals surface area contributed by atoms with Gasteiger partial charge in [-0.3, -0.25) is 9.59 Å². The number of carbonyl (C=O) groups is 2. The first-order valence-electron chi connectivity index (χ1n) is 11.1. The molecule has 36 heavy (non-hydrogen) atoms. The van der Waals surface area contributed by atoms with Gasteiger partial charge in [0.05, 0.1) is 5.56 Å². The van der Waals surface area contributed by atoms with Crippen LogP contribution in [0.15, 0.2) is 85.2 Å². The molecule has 0 saturated heterocycles. The van der Waals surface area contributed by atoms with Crippen LogP contribution in [0.1, 0.15) is 32.0 Å². The smallest absolute Gasteiger partial charge is 0.274 e. The van der Waals surface area contributed by atoms with E-state index in [1.165, 1.54) is 0 Å². The third-order valence-electron chi connectivity index (χ3n) is 5.33. The maximum absolute atomic E-state index is 12.8. The lowest BCUT2D eigenvalue weighted by Crippen LogP contribution is -2.24. The van der Waals surface area contributed by atoms with E-state index >= 15 is 0 Å². The Morgan fingerprint density at radius 3 is 2.61 bits per heavy atom. The third-order valence-corrected chi connectivity index (χ3v) is 5.33. The molecule has 0 aliphatic carbocycles. The Morgan fingerprint density at radius 1 is 0.833 bits per heavy atom. The summed E-state index contributed by atoms with van der Waals surface area (Å²) in [6.45, 7) is 0.528. The quantitative estimate of drug-likeness (QED) is 0.310. The molecule has 2 aromatic carbocycles. The van der Waals surface area contributed by atoms with Crippen molar-refractivity contribution in [2.45, 2.75) is 13.2 Å². The Kier molecular flexibility index (Phi) is 6.57. The highest BCUT2D eigenvalue weighted by molar-refractivity contribution is 6.11. The number of fused-ring (bicyclic) bond motifs is 1. The van der Waals surface area contributed by atoms with Crippen molar-refractivity contribution in [1.82, 2.24) is 30.7 Å². The second kappa shape index (κ2) is 10.4. The van der Waals surface area contributed by atoms with E-state index in [1.807, 2.05) is 30.3 Å². The summed E-state index contributed by atoms with van der Waals surface area (Å²) < 4.78 is 5.83. The second-order valence-corrected chi connectivity index (χ2v) is 7.81. The fourth-order valence-corrected chi connectivity index (χ4v) is 3.57. The molecule has 0 aliphatic rings. The molecule has 3 aromatic heterocycles. The van der Waals surface area contributed by atoms with E-state index in [0.29, 0.717) is 34.8 Å². The van der Waals surface area contributed by atoms with Crippen LogP contribution in [-0.4, -0.2) is 37.2 Å². The largest absolute Gasteiger partial charge is 0.486 e. The number of amides is 2. The van der Waals surface area contributed by atoms with Crippen molar-refractivity contribution >= 4 is 28.7 Å². The van der Waals surface area contributed by atoms with Crippen molar-refractivity contribution < 1.29 is 14.3 Å². The van der Waals surface area contributed by atoms with Gasteiger partial charge in [-0.25, -0.2) is 9.97 Å². The zero-order chi connectivity index (χ0) is 24.7. The van der Waals surface area contributed by atoms with Crippen molar-refractivity contribution in [3.8, 4) is 5.75 Å². The van der Waals surface area contributed by atoms with Gasteiger partial charge in [-0.2, -0.15) is 15.4 Å². The number of hydrogen-bond acceptors (Lipinski definition) is 7. The van der Waals surface area contributed by atoms with Gasteiger partial charge < -0.3 is 15.4 Å². The minimum Gasteiger partial charge on any atom is -0.486 e. The number of rotatable bonds is 8. The molecule has 10 heteroatoms. The fraction of sp³-hybridized carbons (Fsp3) is 0.0769. The molecular weight excluding hydrogens is 458 g/mol. The molecule has 5 aromatic rings. The Labute approximate surface area is 205 Å². The van der Waals surface area contributed by atoms with Crippen molar-refractivity contribution in [2.75, 3.05) is 5.32 Å². The number of carbonyl (C=O) groups excluding carboxylic acids is 2. The highest BCUT2D eigenvalue weighted by Gasteiger charge is 2.16. The van der Waals surface area contributed by atoms with E-state index in [1.54, 1.807) is 54.9 Å². The first kappa shape index (κ1) is 22.7. The van der Waals surface area contributed by atoms with E-state index in [0.717, 1.165) is 11.1 Å². The topological polar surface area (TPSA) is 135 Å². The molecule has 0 unspecified atom stereocenters. The zero-order valence-electron chi connectivity index (χ0n) is 19.0. The fourth-order valence-electron chi connectivity index (χ4n) is 3.57. The van der Waals surface area contributed by atoms with Crippen molar-refractivity contribution in [1.29, 1.82) is 0 Å². The molecule has 0 fully saturated rings. The summed E-state index contributed by atoms with van der Waals surface area (Å²) in [6, 6.07) is 21.7. The number of nitrogens with one attached hydrogen (secondary N) is 3. The molecular formula is C26H21N7O3. The minimum absolute atomic E-state index is 0.191. The summed E-state index contributed by atoms with van der Waals surface area (Å²) >= 11 is 0. The van der Waals surface area contributed by atoms with Gasteiger partial charge in [-0.15, -0.1) is 0 Å². The molecule has 0 radical (unpaired) electrons. The average Bonchev–Trinajstić information content (AvgIpc) is 3.41. The van der Waals surface area contributed by atoms with Gasteiger partial charge in [0, 0.05) is 18.9 Å². The molecule has 2 amide bonds. The average molecular weight is 480 g/mol. The van der Waals surface area contributed by atoms with Crippen LogP contribution < -0.4 is 15.4 Å². The molecule has 3 N–H and O–H groups in total. The van der Waals surface area contributed by atoms with Crippen LogP contribution >= 0.6 is 0 Å². The van der Waals surface area contributed by atoms with Crippen LogP contribution in [-0.2, 0) is 13.2 Å². The highest BCUT2D eigenvalue weighted by Crippen LogP contribution is 2.18. The van der Waals surface area contributed by atoms with E-state index in [2.05, 4.69) is 36.0 Å². The first-order valence-corrected chi connectivity index (χ1v) is 11.1. The predicted octanol–water partition coefficient (Wildman–Crippen LogP) is 3.51. The third kappa shape index (κ3) is 5.17. The Hall–Kier alpha value is -5.12. The predicted molar refractivity (Wildman–Crippen MR) is 132 cm³/mol. The van der Waals surface area contributed by atoms with Gasteiger partial charge in [0.2, 0.25) is 0 Å². The SMILES string of the molecule is O=C(NCc1ccnc(NC(=O)c2cccc3n[nH]nc23)c1)c1ncccc1OCc1ccccc1. The minimum atomic E-state index is -0.376. The molecule has 10 nitrogen and oxygen atoms in total. The number of hydrogen-bond donors (Lipinski definition) is 3. The first-order chi connectivity index (χ1) is 17.7. The Bertz CT molecular complexity index is 1520. The zero-order valence-corrected chi connectivity index (χ0v) is 19.0. The summed E-state index contributed by atoms with van der Waals surface area (Å²) in [7, 11) is 0. The van der Waals surface area contributed by atoms with Crippen LogP contribution in [0.5, 0.6) is 5.75 Å². The second-order valence-electron chi connectivity index (χ2n) is 7.81. The lowest BCUT2D eigenvalue weighted by Gasteiger charge is -2.11. The van der Waals surface area contributed by atoms with Crippen molar-refractivity contribution in [2.24, 2.45) is 0 Å². The van der Waals surface area contributed by atoms with Gasteiger partial charge in [-0.05, 0) is 47.5 Å². The number of aromatic amines is 1. The summed E-state index contributed by atoms with van der Waals surface area (Å²) in [5.41, 5.74) is 3.36. The van der Waals surface area contributed by atoms with Crippen LogP contribution in [0.25, 0.3) is 11.0 Å². The number of ether oxygens (including phenoxy) is 1. The van der Waals surface area contributed by atoms with Gasteiger partial charge in [-0.1, -0.05) is 36.4 Å². The molecule has 0 bridgehead atoms. The standard InChI is InChI=1S/C26H21N7O3/c34-25(19-8-4-9-20-23(19)32-33-31-20)30-22-14-18(11-13-27-22)15-29-26(35)24-21(10-5-12-28-24)36-16-17-6-2-1-3-7-17/h1-14H,15-16H2,(H,29,35)(H,27,30,34)(H,31,32,33). The number of aromatic nitrogens is 5. The van der Waals surface area contributed by atoms with E-state index in [-0.39, 0.29) is 24.1 Å². The lowest BCUT2D eigenvalue weighted by molar-refractivity contribution is 0.0940. The molecule has 0 atom stereocenters. The van der Waals surface area contributed by atoms with E-state index in [4.69, 9.17) is 4.74 Å². The summed E-state index contributed by atoms with van der Waals surface area (Å²) in [6.07, 6.45) is 3.10. The van der Waals surface area contributed by atoms with Gasteiger partial charge >= 0.3 is 0 Å². The highest BCUT2D eigenvalue weighted by atomic mass is 16.5. The number of benzene rings is 2. The summed E-state index contributed by atoms with van der Waals surface area (Å²) in [4.78, 5) is 34.0. The lowest BCUT2D eigenvalue weighted by atomic mass is 10.1.